The van der Waals surface area contributed by atoms with Crippen LogP contribution in [-0.4, -0.2) is 11.2 Å². The number of hydrazone groups is 1. The van der Waals surface area contributed by atoms with E-state index in [1.54, 1.807) is 6.07 Å². The number of rotatable bonds is 5. The van der Waals surface area contributed by atoms with Crippen LogP contribution in [0.1, 0.15) is 11.3 Å². The molecule has 2 aromatic heterocycles. The topological polar surface area (TPSA) is 50.4 Å². The van der Waals surface area contributed by atoms with E-state index in [0.29, 0.717) is 10.9 Å². The number of benzene rings is 1. The number of halogens is 3. The molecule has 0 fully saturated rings. The van der Waals surface area contributed by atoms with Crippen molar-refractivity contribution in [1.82, 2.24) is 4.98 Å². The SMILES string of the molecule is FC(F)(F)c1ccc(N/N=C\c2ccc(Sc3ccccc3)o2)nc1. The zero-order valence-corrected chi connectivity index (χ0v) is 13.5. The summed E-state index contributed by atoms with van der Waals surface area (Å²) in [7, 11) is 0. The Morgan fingerprint density at radius 2 is 1.84 bits per heavy atom. The van der Waals surface area contributed by atoms with E-state index in [0.717, 1.165) is 17.2 Å². The average Bonchev–Trinajstić information content (AvgIpc) is 3.03. The van der Waals surface area contributed by atoms with Crippen LogP contribution in [0.2, 0.25) is 0 Å². The first-order valence-corrected chi connectivity index (χ1v) is 7.97. The Kier molecular flexibility index (Phi) is 5.08. The lowest BCUT2D eigenvalue weighted by Crippen LogP contribution is -2.05. The lowest BCUT2D eigenvalue weighted by atomic mass is 10.3. The zero-order chi connectivity index (χ0) is 17.7. The van der Waals surface area contributed by atoms with Crippen molar-refractivity contribution in [2.45, 2.75) is 16.2 Å². The van der Waals surface area contributed by atoms with Crippen LogP contribution in [0.25, 0.3) is 0 Å². The molecule has 8 heteroatoms. The molecule has 0 saturated carbocycles. The molecule has 0 atom stereocenters. The van der Waals surface area contributed by atoms with Crippen LogP contribution in [0.3, 0.4) is 0 Å². The number of hydrogen-bond donors (Lipinski definition) is 1. The number of pyridine rings is 1. The van der Waals surface area contributed by atoms with Gasteiger partial charge in [0.2, 0.25) is 0 Å². The molecule has 3 rings (SSSR count). The van der Waals surface area contributed by atoms with Crippen LogP contribution in [0.5, 0.6) is 0 Å². The van der Waals surface area contributed by atoms with Gasteiger partial charge in [-0.3, -0.25) is 5.43 Å². The van der Waals surface area contributed by atoms with Crippen molar-refractivity contribution < 1.29 is 17.6 Å². The standard InChI is InChI=1S/C17H12F3N3OS/c18-17(19,20)12-6-8-15(21-10-12)23-22-11-13-7-9-16(24-13)25-14-4-2-1-3-5-14/h1-11H,(H,21,23)/b22-11-. The molecule has 3 aromatic rings. The lowest BCUT2D eigenvalue weighted by molar-refractivity contribution is -0.137. The van der Waals surface area contributed by atoms with Crippen molar-refractivity contribution >= 4 is 23.8 Å². The third kappa shape index (κ3) is 4.87. The number of nitrogens with one attached hydrogen (secondary N) is 1. The predicted molar refractivity (Wildman–Crippen MR) is 89.7 cm³/mol. The van der Waals surface area contributed by atoms with Crippen molar-refractivity contribution in [2.75, 3.05) is 5.43 Å². The fourth-order valence-electron chi connectivity index (χ4n) is 1.85. The Balaban J connectivity index is 1.58. The molecule has 25 heavy (non-hydrogen) atoms. The molecule has 0 spiro atoms. The number of anilines is 1. The molecule has 4 nitrogen and oxygen atoms in total. The highest BCUT2D eigenvalue weighted by Crippen LogP contribution is 2.29. The maximum Gasteiger partial charge on any atom is 0.417 e. The Labute approximate surface area is 145 Å². The van der Waals surface area contributed by atoms with Crippen LogP contribution in [0.15, 0.2) is 80.3 Å². The maximum atomic E-state index is 12.4. The molecule has 0 radical (unpaired) electrons. The second kappa shape index (κ2) is 7.43. The third-order valence-corrected chi connectivity index (χ3v) is 3.95. The van der Waals surface area contributed by atoms with E-state index in [4.69, 9.17) is 4.42 Å². The van der Waals surface area contributed by atoms with E-state index < -0.39 is 11.7 Å². The van der Waals surface area contributed by atoms with Gasteiger partial charge in [-0.15, -0.1) is 0 Å². The predicted octanol–water partition coefficient (Wildman–Crippen LogP) is 5.29. The van der Waals surface area contributed by atoms with E-state index in [-0.39, 0.29) is 5.82 Å². The second-order valence-electron chi connectivity index (χ2n) is 4.87. The van der Waals surface area contributed by atoms with Crippen molar-refractivity contribution in [3.05, 3.63) is 72.1 Å². The molecule has 0 saturated heterocycles. The van der Waals surface area contributed by atoms with Crippen molar-refractivity contribution in [3.63, 3.8) is 0 Å². The summed E-state index contributed by atoms with van der Waals surface area (Å²) >= 11 is 1.47. The van der Waals surface area contributed by atoms with Gasteiger partial charge in [-0.1, -0.05) is 30.0 Å². The molecule has 0 bridgehead atoms. The number of aromatic nitrogens is 1. The van der Waals surface area contributed by atoms with Gasteiger partial charge in [0, 0.05) is 11.1 Å². The van der Waals surface area contributed by atoms with Crippen LogP contribution in [-0.2, 0) is 6.18 Å². The molecule has 0 aliphatic heterocycles. The minimum Gasteiger partial charge on any atom is -0.448 e. The molecule has 128 valence electrons. The number of furan rings is 1. The van der Waals surface area contributed by atoms with Crippen LogP contribution < -0.4 is 5.43 Å². The first kappa shape index (κ1) is 17.1. The Morgan fingerprint density at radius 1 is 1.04 bits per heavy atom. The fourth-order valence-corrected chi connectivity index (χ4v) is 2.65. The Hall–Kier alpha value is -2.74. The minimum atomic E-state index is -4.41. The van der Waals surface area contributed by atoms with Crippen LogP contribution in [0.4, 0.5) is 19.0 Å². The lowest BCUT2D eigenvalue weighted by Gasteiger charge is -2.06. The molecule has 0 unspecified atom stereocenters. The third-order valence-electron chi connectivity index (χ3n) is 3.03. The first-order chi connectivity index (χ1) is 12.0. The van der Waals surface area contributed by atoms with E-state index >= 15 is 0 Å². The Bertz CT molecular complexity index is 846. The number of nitrogens with zero attached hydrogens (tertiary/aromatic N) is 2. The summed E-state index contributed by atoms with van der Waals surface area (Å²) < 4.78 is 42.9. The summed E-state index contributed by atoms with van der Waals surface area (Å²) in [5, 5.41) is 4.61. The number of hydrogen-bond acceptors (Lipinski definition) is 5. The van der Waals surface area contributed by atoms with Gasteiger partial charge in [-0.25, -0.2) is 4.98 Å². The summed E-state index contributed by atoms with van der Waals surface area (Å²) in [6.45, 7) is 0. The quantitative estimate of drug-likeness (QED) is 0.494. The van der Waals surface area contributed by atoms with Crippen molar-refractivity contribution in [3.8, 4) is 0 Å². The van der Waals surface area contributed by atoms with Gasteiger partial charge < -0.3 is 4.42 Å². The molecule has 0 aliphatic rings. The van der Waals surface area contributed by atoms with Crippen LogP contribution in [0, 0.1) is 0 Å². The smallest absolute Gasteiger partial charge is 0.417 e. The monoisotopic (exact) mass is 363 g/mol. The van der Waals surface area contributed by atoms with Gasteiger partial charge in [0.25, 0.3) is 0 Å². The molecule has 2 heterocycles. The molecule has 0 amide bonds. The molecular formula is C17H12F3N3OS. The molecule has 1 N–H and O–H groups in total. The summed E-state index contributed by atoms with van der Waals surface area (Å²) in [6, 6.07) is 15.5. The Morgan fingerprint density at radius 3 is 2.52 bits per heavy atom. The maximum absolute atomic E-state index is 12.4. The van der Waals surface area contributed by atoms with Gasteiger partial charge in [-0.2, -0.15) is 18.3 Å². The van der Waals surface area contributed by atoms with Gasteiger partial charge in [0.1, 0.15) is 11.6 Å². The van der Waals surface area contributed by atoms with Crippen LogP contribution >= 0.6 is 11.8 Å². The van der Waals surface area contributed by atoms with Gasteiger partial charge in [0.15, 0.2) is 5.09 Å². The average molecular weight is 363 g/mol. The fraction of sp³-hybridized carbons (Fsp3) is 0.0588. The molecule has 1 aromatic carbocycles. The van der Waals surface area contributed by atoms with E-state index in [1.165, 1.54) is 24.0 Å². The molecule has 0 aliphatic carbocycles. The normalized spacial score (nSPS) is 11.8. The van der Waals surface area contributed by atoms with Gasteiger partial charge in [-0.05, 0) is 36.4 Å². The largest absolute Gasteiger partial charge is 0.448 e. The highest BCUT2D eigenvalue weighted by atomic mass is 32.2. The minimum absolute atomic E-state index is 0.203. The second-order valence-corrected chi connectivity index (χ2v) is 5.95. The summed E-state index contributed by atoms with van der Waals surface area (Å²) in [5.74, 6) is 0.715. The summed E-state index contributed by atoms with van der Waals surface area (Å²) in [5.41, 5.74) is 1.75. The van der Waals surface area contributed by atoms with E-state index in [9.17, 15) is 13.2 Å². The zero-order valence-electron chi connectivity index (χ0n) is 12.7. The van der Waals surface area contributed by atoms with E-state index in [2.05, 4.69) is 15.5 Å². The van der Waals surface area contributed by atoms with Crippen molar-refractivity contribution in [1.29, 1.82) is 0 Å². The highest BCUT2D eigenvalue weighted by Gasteiger charge is 2.30. The van der Waals surface area contributed by atoms with E-state index in [1.807, 2.05) is 36.4 Å². The molecular weight excluding hydrogens is 351 g/mol. The summed E-state index contributed by atoms with van der Waals surface area (Å²) in [6.07, 6.45) is -2.23. The van der Waals surface area contributed by atoms with Gasteiger partial charge in [0.05, 0.1) is 11.8 Å². The van der Waals surface area contributed by atoms with Gasteiger partial charge >= 0.3 is 6.18 Å². The van der Waals surface area contributed by atoms with Crippen molar-refractivity contribution in [2.24, 2.45) is 5.10 Å². The summed E-state index contributed by atoms with van der Waals surface area (Å²) in [4.78, 5) is 4.71. The first-order valence-electron chi connectivity index (χ1n) is 7.16. The number of alkyl halides is 3. The highest BCUT2D eigenvalue weighted by molar-refractivity contribution is 7.99.